The first-order valence-electron chi connectivity index (χ1n) is 8.44. The summed E-state index contributed by atoms with van der Waals surface area (Å²) in [5.41, 5.74) is 0.732. The molecule has 10 heteroatoms. The minimum atomic E-state index is -3.97. The molecule has 0 bridgehead atoms. The lowest BCUT2D eigenvalue weighted by Crippen LogP contribution is -2.42. The van der Waals surface area contributed by atoms with E-state index in [1.54, 1.807) is 42.7 Å². The summed E-state index contributed by atoms with van der Waals surface area (Å²) < 4.78 is 29.8. The van der Waals surface area contributed by atoms with Gasteiger partial charge in [0.2, 0.25) is 0 Å². The number of carboxylic acids is 1. The normalized spacial score (nSPS) is 12.1. The number of thiophene rings is 1. The van der Waals surface area contributed by atoms with Crippen LogP contribution in [-0.2, 0) is 21.2 Å². The largest absolute Gasteiger partial charge is 0.480 e. The fraction of sp³-hybridized carbons (Fsp3) is 0.222. The Balaban J connectivity index is 0.00000136. The molecule has 3 aromatic rings. The Morgan fingerprint density at radius 1 is 1.25 bits per heavy atom. The Hall–Kier alpha value is -2.01. The van der Waals surface area contributed by atoms with Crippen LogP contribution < -0.4 is 4.72 Å². The summed E-state index contributed by atoms with van der Waals surface area (Å²) in [5, 5.41) is 14.1. The van der Waals surface area contributed by atoms with Gasteiger partial charge in [0.25, 0.3) is 10.0 Å². The number of nitrogens with zero attached hydrogens (tertiary/aromatic N) is 2. The molecule has 2 heterocycles. The quantitative estimate of drug-likeness (QED) is 0.531. The van der Waals surface area contributed by atoms with Crippen molar-refractivity contribution in [2.24, 2.45) is 0 Å². The lowest BCUT2D eigenvalue weighted by Gasteiger charge is -2.14. The predicted molar refractivity (Wildman–Crippen MR) is 112 cm³/mol. The van der Waals surface area contributed by atoms with Gasteiger partial charge >= 0.3 is 5.97 Å². The molecular weight excluding hydrogens is 466 g/mol. The molecule has 0 radical (unpaired) electrons. The van der Waals surface area contributed by atoms with Crippen LogP contribution >= 0.6 is 27.3 Å². The van der Waals surface area contributed by atoms with Crippen molar-refractivity contribution < 1.29 is 18.3 Å². The minimum absolute atomic E-state index is 0.0263. The first kappa shape index (κ1) is 22.3. The van der Waals surface area contributed by atoms with Gasteiger partial charge in [-0.2, -0.15) is 9.82 Å². The molecule has 0 saturated carbocycles. The third-order valence-corrected chi connectivity index (χ3v) is 6.93. The maximum Gasteiger partial charge on any atom is 0.322 e. The first-order chi connectivity index (χ1) is 13.3. The van der Waals surface area contributed by atoms with Gasteiger partial charge in [-0.25, -0.2) is 13.1 Å². The molecule has 0 aliphatic carbocycles. The molecule has 0 saturated heterocycles. The summed E-state index contributed by atoms with van der Waals surface area (Å²) in [5.74, 6) is -1.23. The highest BCUT2D eigenvalue weighted by Gasteiger charge is 2.27. The lowest BCUT2D eigenvalue weighted by atomic mass is 10.1. The number of carboxylic acid groups (broad SMARTS) is 1. The number of rotatable bonds is 7. The molecule has 1 aromatic carbocycles. The monoisotopic (exact) mass is 485 g/mol. The van der Waals surface area contributed by atoms with Gasteiger partial charge < -0.3 is 5.11 Å². The highest BCUT2D eigenvalue weighted by Crippen LogP contribution is 2.25. The molecule has 0 spiro atoms. The summed E-state index contributed by atoms with van der Waals surface area (Å²) in [6, 6.07) is 10.7. The second kappa shape index (κ2) is 9.97. The van der Waals surface area contributed by atoms with Gasteiger partial charge in [0.05, 0.1) is 10.7 Å². The highest BCUT2D eigenvalue weighted by molar-refractivity contribution is 9.10. The molecule has 1 unspecified atom stereocenters. The molecular formula is C18H20BrN3O4S2. The van der Waals surface area contributed by atoms with Crippen molar-refractivity contribution in [2.75, 3.05) is 0 Å². The van der Waals surface area contributed by atoms with E-state index in [1.807, 2.05) is 19.9 Å². The van der Waals surface area contributed by atoms with Gasteiger partial charge in [-0.15, -0.1) is 11.3 Å². The average Bonchev–Trinajstić information content (AvgIpc) is 3.33. The van der Waals surface area contributed by atoms with Crippen LogP contribution in [0.3, 0.4) is 0 Å². The van der Waals surface area contributed by atoms with E-state index in [0.717, 1.165) is 21.4 Å². The Labute approximate surface area is 176 Å². The highest BCUT2D eigenvalue weighted by atomic mass is 79.9. The van der Waals surface area contributed by atoms with Crippen LogP contribution in [0.4, 0.5) is 0 Å². The Morgan fingerprint density at radius 2 is 1.93 bits per heavy atom. The van der Waals surface area contributed by atoms with E-state index in [-0.39, 0.29) is 10.6 Å². The van der Waals surface area contributed by atoms with Gasteiger partial charge in [0.1, 0.15) is 15.3 Å². The van der Waals surface area contributed by atoms with Crippen molar-refractivity contribution in [1.29, 1.82) is 0 Å². The summed E-state index contributed by atoms with van der Waals surface area (Å²) in [6.07, 6.45) is 3.34. The van der Waals surface area contributed by atoms with Crippen LogP contribution in [0.1, 0.15) is 19.4 Å². The van der Waals surface area contributed by atoms with Crippen LogP contribution in [0.15, 0.2) is 63.5 Å². The topological polar surface area (TPSA) is 101 Å². The van der Waals surface area contributed by atoms with E-state index in [9.17, 15) is 18.3 Å². The number of aromatic nitrogens is 2. The standard InChI is InChI=1S/C16H14BrN3O4S2.C2H6/c17-12-9-18-20(10-12)14-6-7-15(25-14)26(23,24)19-13(16(21)22)8-11-4-2-1-3-5-11;1-2/h1-7,9-10,13,19H,8H2,(H,21,22);1-2H3. The number of nitrogens with one attached hydrogen (secondary N) is 1. The van der Waals surface area contributed by atoms with E-state index >= 15 is 0 Å². The second-order valence-corrected chi connectivity index (χ2v) is 9.32. The smallest absolute Gasteiger partial charge is 0.322 e. The zero-order valence-electron chi connectivity index (χ0n) is 15.2. The molecule has 7 nitrogen and oxygen atoms in total. The third-order valence-electron chi connectivity index (χ3n) is 3.49. The van der Waals surface area contributed by atoms with Crippen molar-refractivity contribution in [3.63, 3.8) is 0 Å². The maximum absolute atomic E-state index is 12.6. The molecule has 1 atom stereocenters. The molecule has 0 amide bonds. The zero-order valence-corrected chi connectivity index (χ0v) is 18.5. The Bertz CT molecular complexity index is 1020. The van der Waals surface area contributed by atoms with E-state index in [2.05, 4.69) is 25.8 Å². The molecule has 2 N–H and O–H groups in total. The molecule has 0 aliphatic heterocycles. The van der Waals surface area contributed by atoms with Gasteiger partial charge in [-0.1, -0.05) is 44.2 Å². The van der Waals surface area contributed by atoms with E-state index < -0.39 is 22.0 Å². The van der Waals surface area contributed by atoms with Crippen molar-refractivity contribution in [1.82, 2.24) is 14.5 Å². The fourth-order valence-electron chi connectivity index (χ4n) is 2.27. The van der Waals surface area contributed by atoms with Gasteiger partial charge in [-0.05, 0) is 40.0 Å². The van der Waals surface area contributed by atoms with Gasteiger partial charge in [0, 0.05) is 6.20 Å². The summed E-state index contributed by atoms with van der Waals surface area (Å²) >= 11 is 4.28. The van der Waals surface area contributed by atoms with Crippen molar-refractivity contribution in [3.05, 3.63) is 64.9 Å². The van der Waals surface area contributed by atoms with Crippen molar-refractivity contribution in [3.8, 4) is 5.00 Å². The van der Waals surface area contributed by atoms with E-state index in [1.165, 1.54) is 10.7 Å². The third kappa shape index (κ3) is 5.74. The molecule has 28 heavy (non-hydrogen) atoms. The number of carbonyl (C=O) groups is 1. The second-order valence-electron chi connectivity index (χ2n) is 5.40. The van der Waals surface area contributed by atoms with Gasteiger partial charge in [0.15, 0.2) is 0 Å². The number of benzene rings is 1. The average molecular weight is 486 g/mol. The van der Waals surface area contributed by atoms with Crippen LogP contribution in [0, 0.1) is 0 Å². The van der Waals surface area contributed by atoms with Crippen LogP contribution in [0.2, 0.25) is 0 Å². The SMILES string of the molecule is CC.O=C(O)C(Cc1ccccc1)NS(=O)(=O)c1ccc(-n2cc(Br)cn2)s1. The molecule has 0 aliphatic rings. The molecule has 3 rings (SSSR count). The summed E-state index contributed by atoms with van der Waals surface area (Å²) in [4.78, 5) is 11.5. The first-order valence-corrected chi connectivity index (χ1v) is 11.5. The van der Waals surface area contributed by atoms with Gasteiger partial charge in [-0.3, -0.25) is 4.79 Å². The van der Waals surface area contributed by atoms with Crippen molar-refractivity contribution in [2.45, 2.75) is 30.5 Å². The number of hydrogen-bond acceptors (Lipinski definition) is 5. The zero-order chi connectivity index (χ0) is 20.7. The maximum atomic E-state index is 12.6. The van der Waals surface area contributed by atoms with Crippen LogP contribution in [0.5, 0.6) is 0 Å². The summed E-state index contributed by atoms with van der Waals surface area (Å²) in [6.45, 7) is 4.00. The number of sulfonamides is 1. The number of hydrogen-bond donors (Lipinski definition) is 2. The van der Waals surface area contributed by atoms with Crippen LogP contribution in [-0.4, -0.2) is 35.3 Å². The Morgan fingerprint density at radius 3 is 2.50 bits per heavy atom. The van der Waals surface area contributed by atoms with E-state index in [4.69, 9.17) is 0 Å². The minimum Gasteiger partial charge on any atom is -0.480 e. The number of aliphatic carboxylic acids is 1. The molecule has 150 valence electrons. The van der Waals surface area contributed by atoms with Crippen molar-refractivity contribution >= 4 is 43.3 Å². The fourth-order valence-corrected chi connectivity index (χ4v) is 4.99. The number of halogens is 1. The summed E-state index contributed by atoms with van der Waals surface area (Å²) in [7, 11) is -3.97. The molecule has 2 aromatic heterocycles. The lowest BCUT2D eigenvalue weighted by molar-refractivity contribution is -0.138. The van der Waals surface area contributed by atoms with E-state index in [0.29, 0.717) is 5.00 Å². The van der Waals surface area contributed by atoms with Crippen LogP contribution in [0.25, 0.3) is 5.00 Å². The Kier molecular flexibility index (Phi) is 7.93. The predicted octanol–water partition coefficient (Wildman–Crippen LogP) is 3.70. The molecule has 0 fully saturated rings.